The smallest absolute Gasteiger partial charge is 0.274 e. The molecule has 2 heterocycles. The summed E-state index contributed by atoms with van der Waals surface area (Å²) in [5.41, 5.74) is 4.06. The number of para-hydroxylation sites is 2. The zero-order valence-corrected chi connectivity index (χ0v) is 16.5. The van der Waals surface area contributed by atoms with Gasteiger partial charge in [-0.2, -0.15) is 5.10 Å². The first-order valence-electron chi connectivity index (χ1n) is 8.66. The number of rotatable bonds is 4. The minimum absolute atomic E-state index is 0.253. The minimum atomic E-state index is -0.253. The zero-order valence-electron chi connectivity index (χ0n) is 15.0. The van der Waals surface area contributed by atoms with Crippen LogP contribution in [0.15, 0.2) is 53.3 Å². The highest BCUT2D eigenvalue weighted by Gasteiger charge is 2.12. The Morgan fingerprint density at radius 2 is 1.82 bits per heavy atom. The van der Waals surface area contributed by atoms with Crippen LogP contribution in [0.4, 0.5) is 0 Å². The van der Waals surface area contributed by atoms with Gasteiger partial charge in [-0.3, -0.25) is 4.79 Å². The average molecular weight is 411 g/mol. The Morgan fingerprint density at radius 3 is 2.61 bits per heavy atom. The second-order valence-electron chi connectivity index (χ2n) is 6.38. The normalized spacial score (nSPS) is 11.5. The van der Waals surface area contributed by atoms with E-state index in [0.717, 1.165) is 22.3 Å². The van der Waals surface area contributed by atoms with Crippen molar-refractivity contribution in [3.8, 4) is 0 Å². The van der Waals surface area contributed by atoms with Gasteiger partial charge < -0.3 is 4.98 Å². The standard InChI is InChI=1S/C21H16Cl2N4O/c1-13-16(20(23)27(26-13)12-14-6-8-15(22)9-7-14)10-11-19-21(28)25-18-5-3-2-4-17(18)24-19/h2-11H,12H2,1H3,(H,25,28)/b11-10+. The molecular weight excluding hydrogens is 395 g/mol. The van der Waals surface area contributed by atoms with E-state index in [0.29, 0.717) is 27.9 Å². The summed E-state index contributed by atoms with van der Waals surface area (Å²) in [4.78, 5) is 19.5. The summed E-state index contributed by atoms with van der Waals surface area (Å²) in [6, 6.07) is 14.9. The van der Waals surface area contributed by atoms with Crippen LogP contribution in [-0.2, 0) is 6.54 Å². The summed E-state index contributed by atoms with van der Waals surface area (Å²) in [5.74, 6) is 0. The van der Waals surface area contributed by atoms with Gasteiger partial charge in [-0.1, -0.05) is 47.5 Å². The fourth-order valence-corrected chi connectivity index (χ4v) is 3.37. The van der Waals surface area contributed by atoms with E-state index in [2.05, 4.69) is 15.1 Å². The van der Waals surface area contributed by atoms with E-state index in [1.165, 1.54) is 0 Å². The van der Waals surface area contributed by atoms with Crippen molar-refractivity contribution in [3.63, 3.8) is 0 Å². The summed E-state index contributed by atoms with van der Waals surface area (Å²) in [5, 5.41) is 5.69. The molecule has 28 heavy (non-hydrogen) atoms. The average Bonchev–Trinajstić information content (AvgIpc) is 2.95. The van der Waals surface area contributed by atoms with Gasteiger partial charge in [0.25, 0.3) is 5.56 Å². The quantitative estimate of drug-likeness (QED) is 0.517. The molecule has 140 valence electrons. The minimum Gasteiger partial charge on any atom is -0.319 e. The molecule has 0 saturated carbocycles. The molecule has 0 bridgehead atoms. The molecule has 0 saturated heterocycles. The van der Waals surface area contributed by atoms with Gasteiger partial charge in [0, 0.05) is 10.6 Å². The molecule has 2 aromatic heterocycles. The van der Waals surface area contributed by atoms with E-state index in [1.54, 1.807) is 16.8 Å². The molecule has 0 aliphatic carbocycles. The molecule has 5 nitrogen and oxygen atoms in total. The van der Waals surface area contributed by atoms with Crippen molar-refractivity contribution in [1.29, 1.82) is 0 Å². The Morgan fingerprint density at radius 1 is 1.07 bits per heavy atom. The molecule has 4 rings (SSSR count). The molecule has 7 heteroatoms. The fourth-order valence-electron chi connectivity index (χ4n) is 2.94. The lowest BCUT2D eigenvalue weighted by Gasteiger charge is -2.03. The number of hydrogen-bond acceptors (Lipinski definition) is 3. The second kappa shape index (κ2) is 7.62. The number of aromatic nitrogens is 4. The molecule has 0 aliphatic rings. The predicted octanol–water partition coefficient (Wildman–Crippen LogP) is 4.95. The van der Waals surface area contributed by atoms with Gasteiger partial charge in [0.05, 0.1) is 23.3 Å². The topological polar surface area (TPSA) is 63.6 Å². The molecule has 0 atom stereocenters. The third-order valence-electron chi connectivity index (χ3n) is 4.39. The van der Waals surface area contributed by atoms with Gasteiger partial charge in [-0.05, 0) is 48.9 Å². The lowest BCUT2D eigenvalue weighted by Crippen LogP contribution is -2.11. The third kappa shape index (κ3) is 3.72. The van der Waals surface area contributed by atoms with Gasteiger partial charge in [-0.15, -0.1) is 0 Å². The molecule has 0 aliphatic heterocycles. The molecule has 2 aromatic carbocycles. The summed E-state index contributed by atoms with van der Waals surface area (Å²) < 4.78 is 1.72. The van der Waals surface area contributed by atoms with E-state index in [4.69, 9.17) is 23.2 Å². The molecule has 0 amide bonds. The van der Waals surface area contributed by atoms with Crippen molar-refractivity contribution in [2.24, 2.45) is 0 Å². The third-order valence-corrected chi connectivity index (χ3v) is 5.04. The number of aryl methyl sites for hydroxylation is 1. The van der Waals surface area contributed by atoms with Crippen molar-refractivity contribution >= 4 is 46.4 Å². The second-order valence-corrected chi connectivity index (χ2v) is 7.17. The van der Waals surface area contributed by atoms with Crippen LogP contribution in [0.5, 0.6) is 0 Å². The highest BCUT2D eigenvalue weighted by atomic mass is 35.5. The largest absolute Gasteiger partial charge is 0.319 e. The molecule has 0 fully saturated rings. The summed E-state index contributed by atoms with van der Waals surface area (Å²) in [7, 11) is 0. The number of H-pyrrole nitrogens is 1. The highest BCUT2D eigenvalue weighted by molar-refractivity contribution is 6.31. The van der Waals surface area contributed by atoms with E-state index in [-0.39, 0.29) is 5.56 Å². The van der Waals surface area contributed by atoms with E-state index >= 15 is 0 Å². The molecule has 0 spiro atoms. The lowest BCUT2D eigenvalue weighted by molar-refractivity contribution is 0.680. The maximum Gasteiger partial charge on any atom is 0.274 e. The van der Waals surface area contributed by atoms with E-state index < -0.39 is 0 Å². The van der Waals surface area contributed by atoms with Crippen molar-refractivity contribution in [1.82, 2.24) is 19.7 Å². The van der Waals surface area contributed by atoms with E-state index in [1.807, 2.05) is 55.5 Å². The van der Waals surface area contributed by atoms with Gasteiger partial charge >= 0.3 is 0 Å². The molecule has 4 aromatic rings. The number of benzene rings is 2. The van der Waals surface area contributed by atoms with Crippen LogP contribution in [0.2, 0.25) is 10.2 Å². The number of nitrogens with zero attached hydrogens (tertiary/aromatic N) is 3. The Balaban J connectivity index is 1.65. The first-order chi connectivity index (χ1) is 13.5. The van der Waals surface area contributed by atoms with Crippen molar-refractivity contribution in [3.05, 3.63) is 91.6 Å². The first kappa shape index (κ1) is 18.5. The Bertz CT molecular complexity index is 1240. The number of halogens is 2. The number of aromatic amines is 1. The van der Waals surface area contributed by atoms with Gasteiger partial charge in [0.1, 0.15) is 10.8 Å². The fraction of sp³-hybridized carbons (Fsp3) is 0.0952. The Kier molecular flexibility index (Phi) is 5.03. The zero-order chi connectivity index (χ0) is 19.7. The van der Waals surface area contributed by atoms with Gasteiger partial charge in [0.2, 0.25) is 0 Å². The van der Waals surface area contributed by atoms with Crippen molar-refractivity contribution in [2.45, 2.75) is 13.5 Å². The first-order valence-corrected chi connectivity index (χ1v) is 9.41. The summed E-state index contributed by atoms with van der Waals surface area (Å²) >= 11 is 12.5. The van der Waals surface area contributed by atoms with Crippen LogP contribution in [0.1, 0.15) is 22.5 Å². The molecule has 0 unspecified atom stereocenters. The van der Waals surface area contributed by atoms with Crippen LogP contribution in [0.3, 0.4) is 0 Å². The SMILES string of the molecule is Cc1nn(Cc2ccc(Cl)cc2)c(Cl)c1/C=C/c1nc2ccccc2[nH]c1=O. The number of nitrogens with one attached hydrogen (secondary N) is 1. The summed E-state index contributed by atoms with van der Waals surface area (Å²) in [6.45, 7) is 2.40. The maximum absolute atomic E-state index is 12.3. The Labute approximate surface area is 171 Å². The van der Waals surface area contributed by atoms with Crippen molar-refractivity contribution in [2.75, 3.05) is 0 Å². The molecule has 0 radical (unpaired) electrons. The van der Waals surface area contributed by atoms with Gasteiger partial charge in [-0.25, -0.2) is 9.67 Å². The van der Waals surface area contributed by atoms with E-state index in [9.17, 15) is 4.79 Å². The number of hydrogen-bond donors (Lipinski definition) is 1. The van der Waals surface area contributed by atoms with Gasteiger partial charge in [0.15, 0.2) is 0 Å². The predicted molar refractivity (Wildman–Crippen MR) is 114 cm³/mol. The van der Waals surface area contributed by atoms with Crippen LogP contribution >= 0.6 is 23.2 Å². The maximum atomic E-state index is 12.3. The van der Waals surface area contributed by atoms with Crippen LogP contribution < -0.4 is 5.56 Å². The lowest BCUT2D eigenvalue weighted by atomic mass is 10.2. The Hall–Kier alpha value is -2.89. The van der Waals surface area contributed by atoms with Crippen molar-refractivity contribution < 1.29 is 0 Å². The number of fused-ring (bicyclic) bond motifs is 1. The van der Waals surface area contributed by atoms with Crippen LogP contribution in [0.25, 0.3) is 23.2 Å². The monoisotopic (exact) mass is 410 g/mol. The van der Waals surface area contributed by atoms with Crippen LogP contribution in [-0.4, -0.2) is 19.7 Å². The molecular formula is C21H16Cl2N4O. The highest BCUT2D eigenvalue weighted by Crippen LogP contribution is 2.23. The van der Waals surface area contributed by atoms with Crippen LogP contribution in [0, 0.1) is 6.92 Å². The summed E-state index contributed by atoms with van der Waals surface area (Å²) in [6.07, 6.45) is 3.43. The molecule has 1 N–H and O–H groups in total.